The number of nitrogens with zero attached hydrogens (tertiary/aromatic N) is 8. The van der Waals surface area contributed by atoms with E-state index in [9.17, 15) is 0 Å². The van der Waals surface area contributed by atoms with Crippen LogP contribution in [-0.4, -0.2) is 38.6 Å². The number of hydrogen-bond donors (Lipinski definition) is 0. The molecule has 0 aliphatic rings. The SMILES string of the molecule is c1ccc(-c2nc(-c3ccccc3)nc(-n3c4ccccc4c4ccc(-c5cncc(-c6ccc7c(c6)c6ccccc6n7-c6ccc7c(c6)c6ncccc6n7-c6ccccc6)c5)cc43)n2)cc1. The van der Waals surface area contributed by atoms with Crippen LogP contribution in [-0.2, 0) is 0 Å². The van der Waals surface area contributed by atoms with Crippen molar-refractivity contribution in [1.29, 1.82) is 0 Å². The Morgan fingerprint density at radius 3 is 1.55 bits per heavy atom. The summed E-state index contributed by atoms with van der Waals surface area (Å²) in [5.41, 5.74) is 15.7. The quantitative estimate of drug-likeness (QED) is 0.159. The molecule has 8 aromatic carbocycles. The number of aromatic nitrogens is 8. The third kappa shape index (κ3) is 6.27. The number of fused-ring (bicyclic) bond motifs is 9. The standard InChI is InChI=1S/C61H38N8/c1-4-15-39(16-5-1)59-64-60(40-17-6-2-7-18-40)66-61(65-59)69-53-24-13-10-21-47(53)49-29-26-42(35-57(49)69)44-33-43(37-62-38-44)41-27-30-54-50(34-41)48-22-11-12-23-52(48)68(54)46-28-31-55-51(36-46)58-56(25-14-32-63-58)67(55)45-19-8-3-9-20-45/h1-38H. The molecule has 0 unspecified atom stereocenters. The summed E-state index contributed by atoms with van der Waals surface area (Å²) in [7, 11) is 0. The van der Waals surface area contributed by atoms with E-state index in [0.29, 0.717) is 17.6 Å². The summed E-state index contributed by atoms with van der Waals surface area (Å²) in [6.07, 6.45) is 5.80. The van der Waals surface area contributed by atoms with E-state index >= 15 is 0 Å². The monoisotopic (exact) mass is 882 g/mol. The Bertz CT molecular complexity index is 4250. The zero-order valence-corrected chi connectivity index (χ0v) is 37.0. The van der Waals surface area contributed by atoms with Crippen LogP contribution in [0.4, 0.5) is 0 Å². The third-order valence-electron chi connectivity index (χ3n) is 13.4. The Hall–Kier alpha value is -9.53. The lowest BCUT2D eigenvalue weighted by Gasteiger charge is -2.12. The van der Waals surface area contributed by atoms with Crippen molar-refractivity contribution in [1.82, 2.24) is 38.6 Å². The van der Waals surface area contributed by atoms with Crippen molar-refractivity contribution in [2.75, 3.05) is 0 Å². The minimum Gasteiger partial charge on any atom is -0.309 e. The molecule has 0 radical (unpaired) electrons. The van der Waals surface area contributed by atoms with Gasteiger partial charge in [0.25, 0.3) is 0 Å². The summed E-state index contributed by atoms with van der Waals surface area (Å²) in [5.74, 6) is 1.79. The molecule has 0 fully saturated rings. The van der Waals surface area contributed by atoms with Gasteiger partial charge in [0.2, 0.25) is 5.95 Å². The molecule has 0 N–H and O–H groups in total. The molecule has 0 atom stereocenters. The Kier molecular flexibility index (Phi) is 8.72. The molecule has 6 aromatic heterocycles. The molecule has 8 nitrogen and oxygen atoms in total. The molecule has 0 bridgehead atoms. The highest BCUT2D eigenvalue weighted by molar-refractivity contribution is 6.13. The van der Waals surface area contributed by atoms with Gasteiger partial charge in [-0.25, -0.2) is 4.98 Å². The highest BCUT2D eigenvalue weighted by Crippen LogP contribution is 2.40. The van der Waals surface area contributed by atoms with Crippen LogP contribution >= 0.6 is 0 Å². The summed E-state index contributed by atoms with van der Waals surface area (Å²) in [6.45, 7) is 0. The predicted octanol–water partition coefficient (Wildman–Crippen LogP) is 14.6. The number of pyridine rings is 2. The fourth-order valence-electron chi connectivity index (χ4n) is 10.3. The summed E-state index contributed by atoms with van der Waals surface area (Å²) < 4.78 is 6.85. The van der Waals surface area contributed by atoms with Crippen LogP contribution in [0, 0.1) is 0 Å². The van der Waals surface area contributed by atoms with E-state index in [-0.39, 0.29) is 0 Å². The largest absolute Gasteiger partial charge is 0.309 e. The van der Waals surface area contributed by atoms with Crippen LogP contribution in [0.15, 0.2) is 231 Å². The molecule has 14 aromatic rings. The summed E-state index contributed by atoms with van der Waals surface area (Å²) in [5, 5.41) is 5.70. The van der Waals surface area contributed by atoms with Gasteiger partial charge in [-0.3, -0.25) is 14.5 Å². The number of hydrogen-bond acceptors (Lipinski definition) is 5. The molecule has 0 amide bonds. The van der Waals surface area contributed by atoms with Crippen LogP contribution in [0.3, 0.4) is 0 Å². The lowest BCUT2D eigenvalue weighted by molar-refractivity contribution is 0.953. The fraction of sp³-hybridized carbons (Fsp3) is 0. The van der Waals surface area contributed by atoms with Crippen LogP contribution in [0.1, 0.15) is 0 Å². The first-order valence-corrected chi connectivity index (χ1v) is 23.1. The van der Waals surface area contributed by atoms with Gasteiger partial charge in [-0.05, 0) is 90.0 Å². The van der Waals surface area contributed by atoms with Gasteiger partial charge in [0.1, 0.15) is 0 Å². The van der Waals surface area contributed by atoms with Crippen molar-refractivity contribution in [3.63, 3.8) is 0 Å². The van der Waals surface area contributed by atoms with Crippen LogP contribution in [0.5, 0.6) is 0 Å². The van der Waals surface area contributed by atoms with Gasteiger partial charge in [0, 0.05) is 79.2 Å². The molecule has 14 rings (SSSR count). The first kappa shape index (κ1) is 38.7. The van der Waals surface area contributed by atoms with Gasteiger partial charge in [0.15, 0.2) is 11.6 Å². The summed E-state index contributed by atoms with van der Waals surface area (Å²) in [6, 6.07) is 74.5. The van der Waals surface area contributed by atoms with Gasteiger partial charge in [-0.2, -0.15) is 9.97 Å². The summed E-state index contributed by atoms with van der Waals surface area (Å²) in [4.78, 5) is 25.0. The molecular weight excluding hydrogens is 845 g/mol. The third-order valence-corrected chi connectivity index (χ3v) is 13.4. The van der Waals surface area contributed by atoms with Gasteiger partial charge in [-0.1, -0.05) is 133 Å². The van der Waals surface area contributed by atoms with Crippen molar-refractivity contribution in [2.24, 2.45) is 0 Å². The fourth-order valence-corrected chi connectivity index (χ4v) is 10.3. The maximum Gasteiger partial charge on any atom is 0.238 e. The first-order valence-electron chi connectivity index (χ1n) is 23.1. The van der Waals surface area contributed by atoms with Crippen molar-refractivity contribution in [2.45, 2.75) is 0 Å². The Morgan fingerprint density at radius 1 is 0.290 bits per heavy atom. The van der Waals surface area contributed by atoms with E-state index in [4.69, 9.17) is 24.9 Å². The van der Waals surface area contributed by atoms with Crippen LogP contribution in [0.25, 0.3) is 128 Å². The van der Waals surface area contributed by atoms with Gasteiger partial charge in [-0.15, -0.1) is 0 Å². The molecule has 8 heteroatoms. The van der Waals surface area contributed by atoms with E-state index in [0.717, 1.165) is 99.5 Å². The molecule has 322 valence electrons. The smallest absolute Gasteiger partial charge is 0.238 e. The second-order valence-corrected chi connectivity index (χ2v) is 17.4. The van der Waals surface area contributed by atoms with E-state index in [2.05, 4.69) is 159 Å². The lowest BCUT2D eigenvalue weighted by Crippen LogP contribution is -2.06. The number of benzene rings is 8. The molecule has 0 saturated carbocycles. The highest BCUT2D eigenvalue weighted by Gasteiger charge is 2.21. The Labute approximate surface area is 395 Å². The zero-order chi connectivity index (χ0) is 45.4. The highest BCUT2D eigenvalue weighted by atomic mass is 15.2. The molecule has 6 heterocycles. The normalized spacial score (nSPS) is 11.8. The molecule has 0 aliphatic carbocycles. The summed E-state index contributed by atoms with van der Waals surface area (Å²) >= 11 is 0. The lowest BCUT2D eigenvalue weighted by atomic mass is 9.99. The minimum atomic E-state index is 0.556. The minimum absolute atomic E-state index is 0.556. The second-order valence-electron chi connectivity index (χ2n) is 17.4. The zero-order valence-electron chi connectivity index (χ0n) is 37.0. The molecule has 69 heavy (non-hydrogen) atoms. The Balaban J connectivity index is 0.889. The van der Waals surface area contributed by atoms with Crippen molar-refractivity contribution < 1.29 is 0 Å². The van der Waals surface area contributed by atoms with E-state index in [1.807, 2.05) is 85.3 Å². The van der Waals surface area contributed by atoms with Crippen LogP contribution < -0.4 is 0 Å². The predicted molar refractivity (Wildman–Crippen MR) is 280 cm³/mol. The van der Waals surface area contributed by atoms with Crippen molar-refractivity contribution in [3.8, 4) is 62.4 Å². The van der Waals surface area contributed by atoms with Gasteiger partial charge in [0.05, 0.1) is 38.6 Å². The Morgan fingerprint density at radius 2 is 0.826 bits per heavy atom. The van der Waals surface area contributed by atoms with Crippen LogP contribution in [0.2, 0.25) is 0 Å². The van der Waals surface area contributed by atoms with Crippen molar-refractivity contribution >= 4 is 65.5 Å². The van der Waals surface area contributed by atoms with Crippen molar-refractivity contribution in [3.05, 3.63) is 231 Å². The van der Waals surface area contributed by atoms with Gasteiger partial charge >= 0.3 is 0 Å². The maximum absolute atomic E-state index is 5.16. The van der Waals surface area contributed by atoms with Gasteiger partial charge < -0.3 is 9.13 Å². The second kappa shape index (κ2) is 15.5. The number of rotatable bonds is 7. The van der Waals surface area contributed by atoms with E-state index in [1.165, 1.54) is 10.8 Å². The topological polar surface area (TPSA) is 79.2 Å². The number of para-hydroxylation sites is 3. The molecular formula is C61H38N8. The average Bonchev–Trinajstić information content (AvgIpc) is 4.06. The molecule has 0 aliphatic heterocycles. The molecule has 0 spiro atoms. The van der Waals surface area contributed by atoms with E-state index in [1.54, 1.807) is 0 Å². The molecule has 0 saturated heterocycles. The van der Waals surface area contributed by atoms with E-state index < -0.39 is 0 Å². The average molecular weight is 883 g/mol. The maximum atomic E-state index is 5.16. The first-order chi connectivity index (χ1) is 34.2.